The van der Waals surface area contributed by atoms with Crippen LogP contribution in [-0.2, 0) is 4.79 Å². The van der Waals surface area contributed by atoms with E-state index in [9.17, 15) is 14.9 Å². The number of ether oxygens (including phenoxy) is 1. The van der Waals surface area contributed by atoms with Crippen LogP contribution in [0.4, 0.5) is 5.69 Å². The Kier molecular flexibility index (Phi) is 6.04. The molecule has 0 saturated carbocycles. The van der Waals surface area contributed by atoms with Crippen LogP contribution in [-0.4, -0.2) is 17.4 Å². The molecule has 19 heavy (non-hydrogen) atoms. The molecule has 0 aliphatic heterocycles. The maximum atomic E-state index is 10.8. The zero-order valence-electron chi connectivity index (χ0n) is 10.1. The number of amides is 1. The second-order valence-corrected chi connectivity index (χ2v) is 4.15. The fraction of sp³-hybridized carbons (Fsp3) is 0.364. The van der Waals surface area contributed by atoms with Crippen LogP contribution >= 0.6 is 11.6 Å². The van der Waals surface area contributed by atoms with Gasteiger partial charge in [-0.05, 0) is 18.9 Å². The maximum Gasteiger partial charge on any atom is 0.273 e. The Hall–Kier alpha value is -1.86. The molecule has 3 N–H and O–H groups in total. The first-order chi connectivity index (χ1) is 9.04. The zero-order valence-corrected chi connectivity index (χ0v) is 10.9. The molecule has 0 aromatic heterocycles. The van der Waals surface area contributed by atoms with E-state index in [4.69, 9.17) is 22.2 Å². The van der Waals surface area contributed by atoms with E-state index in [0.29, 0.717) is 30.9 Å². The highest BCUT2D eigenvalue weighted by atomic mass is 35.5. The number of hydrogen-bond donors (Lipinski definition) is 2. The third-order valence-electron chi connectivity index (χ3n) is 2.34. The second-order valence-electron chi connectivity index (χ2n) is 3.74. The van der Waals surface area contributed by atoms with Crippen molar-refractivity contribution in [2.75, 3.05) is 6.61 Å². The largest absolute Gasteiger partial charge is 0.492 e. The number of non-ortho nitro benzene ring substituents is 1. The van der Waals surface area contributed by atoms with Crippen molar-refractivity contribution in [1.82, 2.24) is 5.43 Å². The zero-order chi connectivity index (χ0) is 14.3. The smallest absolute Gasteiger partial charge is 0.273 e. The molecule has 0 aliphatic rings. The first-order valence-electron chi connectivity index (χ1n) is 5.60. The molecule has 0 unspecified atom stereocenters. The molecule has 7 nitrogen and oxygen atoms in total. The summed E-state index contributed by atoms with van der Waals surface area (Å²) in [5.41, 5.74) is 1.95. The van der Waals surface area contributed by atoms with Crippen molar-refractivity contribution < 1.29 is 14.5 Å². The number of nitro benzene ring substituents is 1. The number of nitro groups is 1. The monoisotopic (exact) mass is 287 g/mol. The van der Waals surface area contributed by atoms with Crippen LogP contribution in [0.1, 0.15) is 19.3 Å². The predicted molar refractivity (Wildman–Crippen MR) is 69.8 cm³/mol. The number of unbranched alkanes of at least 4 members (excludes halogenated alkanes) is 1. The normalized spacial score (nSPS) is 10.0. The summed E-state index contributed by atoms with van der Waals surface area (Å²) in [6.07, 6.45) is 1.53. The highest BCUT2D eigenvalue weighted by molar-refractivity contribution is 6.32. The lowest BCUT2D eigenvalue weighted by molar-refractivity contribution is -0.384. The van der Waals surface area contributed by atoms with E-state index in [-0.39, 0.29) is 17.3 Å². The van der Waals surface area contributed by atoms with E-state index in [2.05, 4.69) is 0 Å². The molecule has 1 amide bonds. The molecule has 0 bridgehead atoms. The minimum Gasteiger partial charge on any atom is -0.492 e. The number of carbonyl (C=O) groups is 1. The molecule has 0 saturated heterocycles. The SMILES string of the molecule is NNC(=O)CCCCOc1cc([N+](=O)[O-])ccc1Cl. The van der Waals surface area contributed by atoms with E-state index in [0.717, 1.165) is 0 Å². The van der Waals surface area contributed by atoms with Gasteiger partial charge in [0.2, 0.25) is 5.91 Å². The highest BCUT2D eigenvalue weighted by Crippen LogP contribution is 2.28. The number of benzene rings is 1. The number of hydrazine groups is 1. The number of nitrogens with zero attached hydrogens (tertiary/aromatic N) is 1. The Morgan fingerprint density at radius 1 is 1.47 bits per heavy atom. The number of rotatable bonds is 7. The molecule has 1 aromatic rings. The van der Waals surface area contributed by atoms with E-state index in [1.54, 1.807) is 0 Å². The van der Waals surface area contributed by atoms with Crippen molar-refractivity contribution >= 4 is 23.2 Å². The fourth-order valence-corrected chi connectivity index (χ4v) is 1.53. The Morgan fingerprint density at radius 3 is 2.84 bits per heavy atom. The fourth-order valence-electron chi connectivity index (χ4n) is 1.36. The van der Waals surface area contributed by atoms with Gasteiger partial charge in [-0.3, -0.25) is 20.3 Å². The van der Waals surface area contributed by atoms with Gasteiger partial charge in [0.05, 0.1) is 22.6 Å². The number of nitrogens with one attached hydrogen (secondary N) is 1. The van der Waals surface area contributed by atoms with Gasteiger partial charge >= 0.3 is 0 Å². The number of halogens is 1. The molecule has 104 valence electrons. The Labute approximate surface area is 114 Å². The van der Waals surface area contributed by atoms with Gasteiger partial charge in [-0.25, -0.2) is 5.84 Å². The van der Waals surface area contributed by atoms with Crippen molar-refractivity contribution in [1.29, 1.82) is 0 Å². The van der Waals surface area contributed by atoms with Crippen molar-refractivity contribution in [3.8, 4) is 5.75 Å². The molecule has 1 aromatic carbocycles. The lowest BCUT2D eigenvalue weighted by Crippen LogP contribution is -2.29. The minimum absolute atomic E-state index is 0.0816. The average molecular weight is 288 g/mol. The Morgan fingerprint density at radius 2 is 2.21 bits per heavy atom. The van der Waals surface area contributed by atoms with Crippen LogP contribution in [0.2, 0.25) is 5.02 Å². The van der Waals surface area contributed by atoms with Gasteiger partial charge in [0.1, 0.15) is 5.75 Å². The topological polar surface area (TPSA) is 107 Å². The van der Waals surface area contributed by atoms with Crippen LogP contribution < -0.4 is 16.0 Å². The molecule has 0 heterocycles. The van der Waals surface area contributed by atoms with Crippen molar-refractivity contribution in [2.24, 2.45) is 5.84 Å². The Bertz CT molecular complexity index is 467. The van der Waals surface area contributed by atoms with E-state index < -0.39 is 4.92 Å². The van der Waals surface area contributed by atoms with Crippen LogP contribution in [0.15, 0.2) is 18.2 Å². The average Bonchev–Trinajstić information content (AvgIpc) is 2.39. The standard InChI is InChI=1S/C11H14ClN3O4/c12-9-5-4-8(15(17)18)7-10(9)19-6-2-1-3-11(16)14-13/h4-5,7H,1-3,6,13H2,(H,14,16). The summed E-state index contributed by atoms with van der Waals surface area (Å²) in [5, 5.41) is 10.9. The van der Waals surface area contributed by atoms with Gasteiger partial charge < -0.3 is 4.74 Å². The van der Waals surface area contributed by atoms with E-state index >= 15 is 0 Å². The summed E-state index contributed by atoms with van der Waals surface area (Å²) < 4.78 is 5.34. The van der Waals surface area contributed by atoms with E-state index in [1.165, 1.54) is 18.2 Å². The minimum atomic E-state index is -0.519. The molecule has 0 spiro atoms. The molecular formula is C11H14ClN3O4. The summed E-state index contributed by atoms with van der Waals surface area (Å²) in [4.78, 5) is 20.9. The molecule has 0 atom stereocenters. The van der Waals surface area contributed by atoms with Crippen LogP contribution in [0.25, 0.3) is 0 Å². The number of hydrogen-bond acceptors (Lipinski definition) is 5. The van der Waals surface area contributed by atoms with Crippen molar-refractivity contribution in [3.05, 3.63) is 33.3 Å². The van der Waals surface area contributed by atoms with Crippen molar-refractivity contribution in [3.63, 3.8) is 0 Å². The molecule has 0 fully saturated rings. The molecular weight excluding hydrogens is 274 g/mol. The maximum absolute atomic E-state index is 10.8. The first-order valence-corrected chi connectivity index (χ1v) is 5.98. The summed E-state index contributed by atoms with van der Waals surface area (Å²) in [6, 6.07) is 3.99. The van der Waals surface area contributed by atoms with Crippen LogP contribution in [0, 0.1) is 10.1 Å². The summed E-state index contributed by atoms with van der Waals surface area (Å²) in [6.45, 7) is 0.318. The third kappa shape index (κ3) is 5.11. The van der Waals surface area contributed by atoms with Gasteiger partial charge in [-0.2, -0.15) is 0 Å². The lowest BCUT2D eigenvalue weighted by atomic mass is 10.2. The quantitative estimate of drug-likeness (QED) is 0.261. The van der Waals surface area contributed by atoms with Crippen LogP contribution in [0.5, 0.6) is 5.75 Å². The van der Waals surface area contributed by atoms with Gasteiger partial charge in [0.25, 0.3) is 5.69 Å². The number of carbonyl (C=O) groups excluding carboxylic acids is 1. The summed E-state index contributed by atoms with van der Waals surface area (Å²) in [7, 11) is 0. The van der Waals surface area contributed by atoms with Gasteiger partial charge in [-0.1, -0.05) is 11.6 Å². The molecule has 8 heteroatoms. The summed E-state index contributed by atoms with van der Waals surface area (Å²) >= 11 is 5.86. The Balaban J connectivity index is 2.42. The van der Waals surface area contributed by atoms with Gasteiger partial charge in [-0.15, -0.1) is 0 Å². The lowest BCUT2D eigenvalue weighted by Gasteiger charge is -2.07. The predicted octanol–water partition coefficient (Wildman–Crippen LogP) is 1.79. The van der Waals surface area contributed by atoms with Gasteiger partial charge in [0.15, 0.2) is 0 Å². The molecule has 0 aliphatic carbocycles. The van der Waals surface area contributed by atoms with Crippen molar-refractivity contribution in [2.45, 2.75) is 19.3 Å². The molecule has 0 radical (unpaired) electrons. The van der Waals surface area contributed by atoms with E-state index in [1.807, 2.05) is 5.43 Å². The van der Waals surface area contributed by atoms with Crippen LogP contribution in [0.3, 0.4) is 0 Å². The molecule has 1 rings (SSSR count). The number of nitrogens with two attached hydrogens (primary N) is 1. The highest BCUT2D eigenvalue weighted by Gasteiger charge is 2.10. The summed E-state index contributed by atoms with van der Waals surface area (Å²) in [5.74, 6) is 4.95. The van der Waals surface area contributed by atoms with Gasteiger partial charge in [0, 0.05) is 12.5 Å². The second kappa shape index (κ2) is 7.55. The first kappa shape index (κ1) is 15.2. The third-order valence-corrected chi connectivity index (χ3v) is 2.65.